The second-order valence-electron chi connectivity index (χ2n) is 5.20. The van der Waals surface area contributed by atoms with Gasteiger partial charge in [-0.1, -0.05) is 59.6 Å². The van der Waals surface area contributed by atoms with Crippen LogP contribution in [0, 0.1) is 0 Å². The molecule has 0 aliphatic heterocycles. The number of hydrogen-bond donors (Lipinski definition) is 0. The summed E-state index contributed by atoms with van der Waals surface area (Å²) in [5, 5.41) is 1.18. The lowest BCUT2D eigenvalue weighted by molar-refractivity contribution is 0.803. The van der Waals surface area contributed by atoms with Gasteiger partial charge in [0.15, 0.2) is 0 Å². The molecule has 1 atom stereocenters. The van der Waals surface area contributed by atoms with Crippen LogP contribution >= 0.6 is 23.2 Å². The van der Waals surface area contributed by atoms with E-state index in [4.69, 9.17) is 23.2 Å². The third kappa shape index (κ3) is 3.49. The van der Waals surface area contributed by atoms with Gasteiger partial charge in [0.25, 0.3) is 0 Å². The van der Waals surface area contributed by atoms with Crippen LogP contribution in [0.1, 0.15) is 22.6 Å². The van der Waals surface area contributed by atoms with Gasteiger partial charge in [0.1, 0.15) is 0 Å². The molecule has 0 aliphatic carbocycles. The van der Waals surface area contributed by atoms with Crippen LogP contribution in [-0.4, -0.2) is 4.98 Å². The van der Waals surface area contributed by atoms with Crippen molar-refractivity contribution >= 4 is 23.2 Å². The molecule has 110 valence electrons. The summed E-state index contributed by atoms with van der Waals surface area (Å²) < 4.78 is 0. The fraction of sp³-hybridized carbons (Fsp3) is 0.105. The van der Waals surface area contributed by atoms with Crippen molar-refractivity contribution in [2.45, 2.75) is 12.3 Å². The van der Waals surface area contributed by atoms with Gasteiger partial charge in [-0.15, -0.1) is 0 Å². The monoisotopic (exact) mass is 327 g/mol. The van der Waals surface area contributed by atoms with Gasteiger partial charge in [-0.2, -0.15) is 0 Å². The zero-order valence-electron chi connectivity index (χ0n) is 11.9. The molecule has 0 radical (unpaired) electrons. The first-order valence-electron chi connectivity index (χ1n) is 7.13. The van der Waals surface area contributed by atoms with Crippen molar-refractivity contribution in [3.05, 3.63) is 99.8 Å². The Bertz CT molecular complexity index is 742. The minimum absolute atomic E-state index is 0.235. The molecule has 0 spiro atoms. The molecule has 0 N–H and O–H groups in total. The largest absolute Gasteiger partial charge is 0.265 e. The van der Waals surface area contributed by atoms with E-state index in [1.54, 1.807) is 0 Å². The smallest absolute Gasteiger partial charge is 0.0595 e. The van der Waals surface area contributed by atoms with Gasteiger partial charge in [-0.25, -0.2) is 0 Å². The highest BCUT2D eigenvalue weighted by atomic mass is 35.5. The summed E-state index contributed by atoms with van der Waals surface area (Å²) in [4.78, 5) is 4.09. The Hall–Kier alpha value is -1.83. The van der Waals surface area contributed by atoms with Crippen molar-refractivity contribution in [3.63, 3.8) is 0 Å². The zero-order chi connectivity index (χ0) is 15.4. The highest BCUT2D eigenvalue weighted by molar-refractivity contribution is 6.42. The van der Waals surface area contributed by atoms with Crippen molar-refractivity contribution in [3.8, 4) is 0 Å². The summed E-state index contributed by atoms with van der Waals surface area (Å²) in [5.41, 5.74) is 3.67. The lowest BCUT2D eigenvalue weighted by Gasteiger charge is -2.19. The Morgan fingerprint density at radius 1 is 0.773 bits per heavy atom. The van der Waals surface area contributed by atoms with Gasteiger partial charge < -0.3 is 0 Å². The summed E-state index contributed by atoms with van der Waals surface area (Å²) >= 11 is 12.3. The Morgan fingerprint density at radius 2 is 1.50 bits per heavy atom. The molecule has 0 aliphatic rings. The Morgan fingerprint density at radius 3 is 2.18 bits per heavy atom. The molecule has 2 aromatic carbocycles. The van der Waals surface area contributed by atoms with Crippen LogP contribution in [0.4, 0.5) is 0 Å². The molecule has 0 fully saturated rings. The SMILES string of the molecule is Clc1ccc([C@@H](Cc2ccncc2)c2ccccc2)cc1Cl. The molecule has 1 heterocycles. The van der Waals surface area contributed by atoms with Crippen molar-refractivity contribution < 1.29 is 0 Å². The summed E-state index contributed by atoms with van der Waals surface area (Å²) in [7, 11) is 0. The van der Waals surface area contributed by atoms with Crippen LogP contribution in [-0.2, 0) is 6.42 Å². The average molecular weight is 328 g/mol. The Kier molecular flexibility index (Phi) is 4.77. The third-order valence-electron chi connectivity index (χ3n) is 3.74. The standard InChI is InChI=1S/C19H15Cl2N/c20-18-7-6-16(13-19(18)21)17(15-4-2-1-3-5-15)12-14-8-10-22-11-9-14/h1-11,13,17H,12H2/t17-/m0/s1. The Labute approximate surface area is 140 Å². The molecule has 0 bridgehead atoms. The first-order valence-corrected chi connectivity index (χ1v) is 7.88. The summed E-state index contributed by atoms with van der Waals surface area (Å²) in [6.45, 7) is 0. The van der Waals surface area contributed by atoms with Gasteiger partial charge in [0, 0.05) is 18.3 Å². The van der Waals surface area contributed by atoms with Gasteiger partial charge >= 0.3 is 0 Å². The number of benzene rings is 2. The maximum Gasteiger partial charge on any atom is 0.0595 e. The lowest BCUT2D eigenvalue weighted by atomic mass is 9.86. The fourth-order valence-electron chi connectivity index (χ4n) is 2.60. The highest BCUT2D eigenvalue weighted by Crippen LogP contribution is 2.32. The van der Waals surface area contributed by atoms with E-state index >= 15 is 0 Å². The van der Waals surface area contributed by atoms with E-state index < -0.39 is 0 Å². The minimum atomic E-state index is 0.235. The number of nitrogens with zero attached hydrogens (tertiary/aromatic N) is 1. The maximum absolute atomic E-state index is 6.21. The predicted octanol–water partition coefficient (Wildman–Crippen LogP) is 5.76. The summed E-state index contributed by atoms with van der Waals surface area (Å²) in [6, 6.07) is 20.4. The molecule has 3 heteroatoms. The Balaban J connectivity index is 2.01. The minimum Gasteiger partial charge on any atom is -0.265 e. The number of aromatic nitrogens is 1. The van der Waals surface area contributed by atoms with Crippen LogP contribution < -0.4 is 0 Å². The molecule has 3 rings (SSSR count). The normalized spacial score (nSPS) is 12.1. The van der Waals surface area contributed by atoms with E-state index in [1.807, 2.05) is 48.8 Å². The molecular weight excluding hydrogens is 313 g/mol. The van der Waals surface area contributed by atoms with Crippen molar-refractivity contribution in [1.29, 1.82) is 0 Å². The fourth-order valence-corrected chi connectivity index (χ4v) is 2.90. The summed E-state index contributed by atoms with van der Waals surface area (Å²) in [5.74, 6) is 0.235. The molecule has 0 amide bonds. The van der Waals surface area contributed by atoms with E-state index in [2.05, 4.69) is 29.2 Å². The van der Waals surface area contributed by atoms with Crippen molar-refractivity contribution in [2.75, 3.05) is 0 Å². The second kappa shape index (κ2) is 6.95. The molecule has 3 aromatic rings. The van der Waals surface area contributed by atoms with E-state index in [-0.39, 0.29) is 5.92 Å². The average Bonchev–Trinajstić information content (AvgIpc) is 2.57. The number of pyridine rings is 1. The maximum atomic E-state index is 6.21. The number of halogens is 2. The van der Waals surface area contributed by atoms with E-state index in [0.717, 1.165) is 12.0 Å². The molecule has 22 heavy (non-hydrogen) atoms. The first-order chi connectivity index (χ1) is 10.7. The summed E-state index contributed by atoms with van der Waals surface area (Å²) in [6.07, 6.45) is 4.54. The molecule has 0 unspecified atom stereocenters. The van der Waals surface area contributed by atoms with Crippen molar-refractivity contribution in [2.24, 2.45) is 0 Å². The van der Waals surface area contributed by atoms with Gasteiger partial charge in [0.2, 0.25) is 0 Å². The van der Waals surface area contributed by atoms with Crippen LogP contribution in [0.3, 0.4) is 0 Å². The quantitative estimate of drug-likeness (QED) is 0.593. The third-order valence-corrected chi connectivity index (χ3v) is 4.48. The van der Waals surface area contributed by atoms with Gasteiger partial charge in [-0.05, 0) is 47.4 Å². The molecule has 1 nitrogen and oxygen atoms in total. The van der Waals surface area contributed by atoms with Gasteiger partial charge in [0.05, 0.1) is 10.0 Å². The van der Waals surface area contributed by atoms with Gasteiger partial charge in [-0.3, -0.25) is 4.98 Å². The van der Waals surface area contributed by atoms with Crippen molar-refractivity contribution in [1.82, 2.24) is 4.98 Å². The first kappa shape index (κ1) is 15.1. The predicted molar refractivity (Wildman–Crippen MR) is 92.7 cm³/mol. The molecule has 0 saturated carbocycles. The van der Waals surface area contributed by atoms with Crippen LogP contribution in [0.15, 0.2) is 73.1 Å². The molecular formula is C19H15Cl2N. The second-order valence-corrected chi connectivity index (χ2v) is 6.01. The zero-order valence-corrected chi connectivity index (χ0v) is 13.4. The lowest BCUT2D eigenvalue weighted by Crippen LogP contribution is -2.05. The van der Waals surface area contributed by atoms with E-state index in [9.17, 15) is 0 Å². The topological polar surface area (TPSA) is 12.9 Å². The van der Waals surface area contributed by atoms with Crippen LogP contribution in [0.25, 0.3) is 0 Å². The highest BCUT2D eigenvalue weighted by Gasteiger charge is 2.16. The van der Waals surface area contributed by atoms with E-state index in [1.165, 1.54) is 11.1 Å². The number of rotatable bonds is 4. The number of hydrogen-bond acceptors (Lipinski definition) is 1. The molecule has 0 saturated heterocycles. The van der Waals surface area contributed by atoms with E-state index in [0.29, 0.717) is 10.0 Å². The van der Waals surface area contributed by atoms with Crippen LogP contribution in [0.2, 0.25) is 10.0 Å². The van der Waals surface area contributed by atoms with Crippen LogP contribution in [0.5, 0.6) is 0 Å². The molecule has 1 aromatic heterocycles.